The van der Waals surface area contributed by atoms with Crippen LogP contribution in [0, 0.1) is 11.8 Å². The monoisotopic (exact) mass is 315 g/mol. The van der Waals surface area contributed by atoms with Crippen molar-refractivity contribution in [1.82, 2.24) is 5.32 Å². The van der Waals surface area contributed by atoms with Crippen LogP contribution in [0.1, 0.15) is 56.6 Å². The number of hydrogen-bond donors (Lipinski definition) is 2. The molecule has 3 rings (SSSR count). The normalized spacial score (nSPS) is 28.3. The lowest BCUT2D eigenvalue weighted by atomic mass is 9.68. The highest BCUT2D eigenvalue weighted by Gasteiger charge is 2.41. The Labute approximate surface area is 137 Å². The van der Waals surface area contributed by atoms with Gasteiger partial charge in [-0.1, -0.05) is 38.1 Å². The number of aliphatic carboxylic acids is 1. The fourth-order valence-electron chi connectivity index (χ4n) is 3.97. The Morgan fingerprint density at radius 3 is 2.52 bits per heavy atom. The molecule has 0 heterocycles. The van der Waals surface area contributed by atoms with E-state index in [1.165, 1.54) is 11.1 Å². The van der Waals surface area contributed by atoms with Crippen molar-refractivity contribution in [3.05, 3.63) is 35.4 Å². The van der Waals surface area contributed by atoms with Crippen LogP contribution in [-0.2, 0) is 15.0 Å². The fourth-order valence-corrected chi connectivity index (χ4v) is 3.97. The lowest BCUT2D eigenvalue weighted by molar-refractivity contribution is -0.152. The summed E-state index contributed by atoms with van der Waals surface area (Å²) in [6.07, 6.45) is 3.47. The van der Waals surface area contributed by atoms with Gasteiger partial charge in [-0.25, -0.2) is 0 Å². The van der Waals surface area contributed by atoms with Gasteiger partial charge in [0, 0.05) is 12.5 Å². The molecule has 2 N–H and O–H groups in total. The summed E-state index contributed by atoms with van der Waals surface area (Å²) in [7, 11) is 0. The molecule has 2 aliphatic carbocycles. The van der Waals surface area contributed by atoms with Crippen molar-refractivity contribution >= 4 is 11.9 Å². The molecule has 1 fully saturated rings. The second-order valence-corrected chi connectivity index (χ2v) is 7.58. The number of carbonyl (C=O) groups excluding carboxylic acids is 1. The van der Waals surface area contributed by atoms with Crippen LogP contribution in [0.15, 0.2) is 24.3 Å². The van der Waals surface area contributed by atoms with E-state index in [0.29, 0.717) is 25.3 Å². The Balaban J connectivity index is 1.65. The quantitative estimate of drug-likeness (QED) is 0.897. The zero-order valence-corrected chi connectivity index (χ0v) is 13.8. The van der Waals surface area contributed by atoms with Gasteiger partial charge in [0.15, 0.2) is 0 Å². The summed E-state index contributed by atoms with van der Waals surface area (Å²) in [5, 5.41) is 12.1. The molecule has 1 aromatic rings. The third-order valence-corrected chi connectivity index (χ3v) is 5.70. The van der Waals surface area contributed by atoms with E-state index in [2.05, 4.69) is 43.4 Å². The number of hydrogen-bond acceptors (Lipinski definition) is 2. The highest BCUT2D eigenvalue weighted by Crippen LogP contribution is 2.42. The van der Waals surface area contributed by atoms with E-state index in [0.717, 1.165) is 12.8 Å². The second-order valence-electron chi connectivity index (χ2n) is 7.58. The van der Waals surface area contributed by atoms with Crippen LogP contribution < -0.4 is 5.32 Å². The summed E-state index contributed by atoms with van der Waals surface area (Å²) in [6.45, 7) is 5.15. The molecule has 3 atom stereocenters. The molecule has 4 nitrogen and oxygen atoms in total. The number of carbonyl (C=O) groups is 2. The van der Waals surface area contributed by atoms with Crippen molar-refractivity contribution in [1.29, 1.82) is 0 Å². The smallest absolute Gasteiger partial charge is 0.307 e. The molecular weight excluding hydrogens is 290 g/mol. The van der Waals surface area contributed by atoms with Crippen molar-refractivity contribution in [2.24, 2.45) is 11.8 Å². The van der Waals surface area contributed by atoms with E-state index < -0.39 is 11.9 Å². The van der Waals surface area contributed by atoms with Crippen molar-refractivity contribution in [3.63, 3.8) is 0 Å². The summed E-state index contributed by atoms with van der Waals surface area (Å²) in [5.41, 5.74) is 2.88. The second kappa shape index (κ2) is 5.99. The molecule has 1 saturated carbocycles. The third-order valence-electron chi connectivity index (χ3n) is 5.70. The van der Waals surface area contributed by atoms with E-state index in [1.54, 1.807) is 0 Å². The van der Waals surface area contributed by atoms with Gasteiger partial charge < -0.3 is 10.4 Å². The maximum atomic E-state index is 12.2. The fraction of sp³-hybridized carbons (Fsp3) is 0.579. The lowest BCUT2D eigenvalue weighted by Gasteiger charge is -2.38. The number of benzene rings is 1. The molecule has 0 saturated heterocycles. The number of rotatable bonds is 4. The van der Waals surface area contributed by atoms with E-state index in [9.17, 15) is 9.59 Å². The minimum atomic E-state index is -0.846. The number of carboxylic acids is 1. The Morgan fingerprint density at radius 1 is 1.17 bits per heavy atom. The molecule has 0 spiro atoms. The number of nitrogens with one attached hydrogen (secondary N) is 1. The summed E-state index contributed by atoms with van der Waals surface area (Å²) in [5.74, 6) is -1.45. The Bertz CT molecular complexity index is 623. The minimum Gasteiger partial charge on any atom is -0.481 e. The molecule has 0 aliphatic heterocycles. The number of fused-ring (bicyclic) bond motifs is 1. The molecule has 4 heteroatoms. The van der Waals surface area contributed by atoms with Crippen LogP contribution >= 0.6 is 0 Å². The summed E-state index contributed by atoms with van der Waals surface area (Å²) < 4.78 is 0. The standard InChI is InChI=1S/C19H25NO3/c1-19(2)10-9-12(13-5-3-4-6-16(13)19)11-20-17(21)14-7-8-15(14)18(22)23/h3-6,12,14-15H,7-11H2,1-2H3,(H,20,21)(H,22,23). The molecule has 2 aliphatic rings. The molecule has 3 unspecified atom stereocenters. The van der Waals surface area contributed by atoms with Crippen LogP contribution in [0.25, 0.3) is 0 Å². The van der Waals surface area contributed by atoms with Gasteiger partial charge in [-0.2, -0.15) is 0 Å². The SMILES string of the molecule is CC1(C)CCC(CNC(=O)C2CCC2C(=O)O)c2ccccc21. The number of amides is 1. The van der Waals surface area contributed by atoms with Crippen LogP contribution in [0.5, 0.6) is 0 Å². The van der Waals surface area contributed by atoms with E-state index in [4.69, 9.17) is 5.11 Å². The first-order valence-electron chi connectivity index (χ1n) is 8.50. The largest absolute Gasteiger partial charge is 0.481 e. The third kappa shape index (κ3) is 2.99. The summed E-state index contributed by atoms with van der Waals surface area (Å²) in [6, 6.07) is 8.49. The predicted octanol–water partition coefficient (Wildman–Crippen LogP) is 3.07. The van der Waals surface area contributed by atoms with Gasteiger partial charge in [-0.15, -0.1) is 0 Å². The molecule has 23 heavy (non-hydrogen) atoms. The predicted molar refractivity (Wildman–Crippen MR) is 88.3 cm³/mol. The van der Waals surface area contributed by atoms with E-state index in [1.807, 2.05) is 0 Å². The molecule has 124 valence electrons. The summed E-state index contributed by atoms with van der Waals surface area (Å²) >= 11 is 0. The van der Waals surface area contributed by atoms with E-state index in [-0.39, 0.29) is 17.2 Å². The van der Waals surface area contributed by atoms with Crippen molar-refractivity contribution in [3.8, 4) is 0 Å². The van der Waals surface area contributed by atoms with Gasteiger partial charge in [0.2, 0.25) is 5.91 Å². The lowest BCUT2D eigenvalue weighted by Crippen LogP contribution is -2.45. The van der Waals surface area contributed by atoms with Crippen LogP contribution in [0.3, 0.4) is 0 Å². The van der Waals surface area contributed by atoms with Gasteiger partial charge in [0.25, 0.3) is 0 Å². The molecule has 1 aromatic carbocycles. The molecule has 0 radical (unpaired) electrons. The molecule has 0 aromatic heterocycles. The van der Waals surface area contributed by atoms with Gasteiger partial charge in [0.1, 0.15) is 0 Å². The first-order chi connectivity index (χ1) is 10.9. The maximum Gasteiger partial charge on any atom is 0.307 e. The van der Waals surface area contributed by atoms with Crippen LogP contribution in [0.4, 0.5) is 0 Å². The first-order valence-corrected chi connectivity index (χ1v) is 8.50. The maximum absolute atomic E-state index is 12.2. The van der Waals surface area contributed by atoms with Gasteiger partial charge in [-0.05, 0) is 42.2 Å². The van der Waals surface area contributed by atoms with Gasteiger partial charge in [0.05, 0.1) is 11.8 Å². The van der Waals surface area contributed by atoms with Crippen LogP contribution in [0.2, 0.25) is 0 Å². The zero-order valence-electron chi connectivity index (χ0n) is 13.8. The Kier molecular flexibility index (Phi) is 4.17. The highest BCUT2D eigenvalue weighted by molar-refractivity contribution is 5.86. The first kappa shape index (κ1) is 16.0. The molecular formula is C19H25NO3. The van der Waals surface area contributed by atoms with Crippen molar-refractivity contribution in [2.45, 2.75) is 50.9 Å². The topological polar surface area (TPSA) is 66.4 Å². The van der Waals surface area contributed by atoms with Crippen molar-refractivity contribution in [2.75, 3.05) is 6.54 Å². The Hall–Kier alpha value is -1.84. The minimum absolute atomic E-state index is 0.0917. The zero-order chi connectivity index (χ0) is 16.6. The Morgan fingerprint density at radius 2 is 1.87 bits per heavy atom. The number of carboxylic acid groups (broad SMARTS) is 1. The van der Waals surface area contributed by atoms with Gasteiger partial charge in [-0.3, -0.25) is 9.59 Å². The van der Waals surface area contributed by atoms with Crippen LogP contribution in [-0.4, -0.2) is 23.5 Å². The molecule has 0 bridgehead atoms. The van der Waals surface area contributed by atoms with E-state index >= 15 is 0 Å². The average Bonchev–Trinajstić information content (AvgIpc) is 2.45. The van der Waals surface area contributed by atoms with Gasteiger partial charge >= 0.3 is 5.97 Å². The average molecular weight is 315 g/mol. The summed E-state index contributed by atoms with van der Waals surface area (Å²) in [4.78, 5) is 23.3. The van der Waals surface area contributed by atoms with Crippen molar-refractivity contribution < 1.29 is 14.7 Å². The molecule has 1 amide bonds. The highest BCUT2D eigenvalue weighted by atomic mass is 16.4.